The maximum Gasteiger partial charge on any atom is 0.262 e. The topological polar surface area (TPSA) is 107 Å². The fourth-order valence-electron chi connectivity index (χ4n) is 4.60. The number of nitrogens with one attached hydrogen (secondary N) is 1. The molecule has 3 heterocycles. The van der Waals surface area contributed by atoms with Crippen LogP contribution in [-0.4, -0.2) is 27.1 Å². The van der Waals surface area contributed by atoms with Gasteiger partial charge in [-0.15, -0.1) is 22.7 Å². The van der Waals surface area contributed by atoms with Crippen molar-refractivity contribution in [1.82, 2.24) is 9.55 Å². The highest BCUT2D eigenvalue weighted by atomic mass is 32.2. The van der Waals surface area contributed by atoms with E-state index < -0.39 is 5.91 Å². The van der Waals surface area contributed by atoms with E-state index in [0.717, 1.165) is 72.0 Å². The number of fused-ring (bicyclic) bond motifs is 4. The smallest absolute Gasteiger partial charge is 0.262 e. The van der Waals surface area contributed by atoms with E-state index in [0.29, 0.717) is 15.7 Å². The molecule has 0 radical (unpaired) electrons. The Morgan fingerprint density at radius 2 is 1.72 bits per heavy atom. The van der Waals surface area contributed by atoms with Crippen LogP contribution < -0.4 is 16.6 Å². The summed E-state index contributed by atoms with van der Waals surface area (Å²) in [5, 5.41) is 4.69. The lowest BCUT2D eigenvalue weighted by molar-refractivity contribution is -0.113. The molecular formula is C22H24N4O3S3. The summed E-state index contributed by atoms with van der Waals surface area (Å²) in [4.78, 5) is 45.6. The second kappa shape index (κ2) is 8.64. The van der Waals surface area contributed by atoms with Gasteiger partial charge in [-0.1, -0.05) is 11.8 Å². The molecule has 7 nitrogen and oxygen atoms in total. The third-order valence-electron chi connectivity index (χ3n) is 6.16. The van der Waals surface area contributed by atoms with Gasteiger partial charge in [-0.25, -0.2) is 4.98 Å². The van der Waals surface area contributed by atoms with Crippen molar-refractivity contribution in [3.8, 4) is 0 Å². The van der Waals surface area contributed by atoms with E-state index in [1.54, 1.807) is 23.0 Å². The number of rotatable bonds is 5. The maximum atomic E-state index is 13.0. The van der Waals surface area contributed by atoms with Crippen molar-refractivity contribution in [2.45, 2.75) is 56.5 Å². The number of thiophene rings is 2. The molecule has 2 aliphatic rings. The van der Waals surface area contributed by atoms with Gasteiger partial charge < -0.3 is 11.1 Å². The monoisotopic (exact) mass is 488 g/mol. The first-order valence-corrected chi connectivity index (χ1v) is 13.4. The first-order valence-electron chi connectivity index (χ1n) is 10.8. The van der Waals surface area contributed by atoms with Crippen LogP contribution in [0.5, 0.6) is 0 Å². The molecule has 0 unspecified atom stereocenters. The molecule has 0 bridgehead atoms. The average Bonchev–Trinajstić information content (AvgIpc) is 3.32. The molecule has 3 aromatic rings. The van der Waals surface area contributed by atoms with Crippen LogP contribution in [0, 0.1) is 0 Å². The maximum absolute atomic E-state index is 13.0. The number of aryl methyl sites for hydroxylation is 3. The third-order valence-corrected chi connectivity index (χ3v) is 9.58. The lowest BCUT2D eigenvalue weighted by Gasteiger charge is -2.11. The van der Waals surface area contributed by atoms with Crippen LogP contribution in [0.3, 0.4) is 0 Å². The lowest BCUT2D eigenvalue weighted by Crippen LogP contribution is -2.22. The Morgan fingerprint density at radius 1 is 1.06 bits per heavy atom. The molecule has 168 valence electrons. The van der Waals surface area contributed by atoms with Gasteiger partial charge in [-0.2, -0.15) is 0 Å². The van der Waals surface area contributed by atoms with Gasteiger partial charge in [0.1, 0.15) is 9.83 Å². The number of nitrogens with zero attached hydrogens (tertiary/aromatic N) is 2. The molecule has 3 aromatic heterocycles. The second-order valence-corrected chi connectivity index (χ2v) is 11.4. The Morgan fingerprint density at radius 3 is 2.44 bits per heavy atom. The van der Waals surface area contributed by atoms with Gasteiger partial charge in [0.15, 0.2) is 5.16 Å². The Labute approximate surface area is 197 Å². The minimum Gasteiger partial charge on any atom is -0.365 e. The summed E-state index contributed by atoms with van der Waals surface area (Å²) in [7, 11) is 1.71. The zero-order chi connectivity index (χ0) is 22.4. The van der Waals surface area contributed by atoms with Crippen LogP contribution >= 0.6 is 34.4 Å². The minimum atomic E-state index is -0.497. The summed E-state index contributed by atoms with van der Waals surface area (Å²) in [6.45, 7) is 0. The fourth-order valence-corrected chi connectivity index (χ4v) is 7.99. The number of anilines is 1. The Bertz CT molecular complexity index is 1300. The molecule has 0 fully saturated rings. The summed E-state index contributed by atoms with van der Waals surface area (Å²) in [5.41, 5.74) is 8.19. The molecule has 0 spiro atoms. The van der Waals surface area contributed by atoms with E-state index in [1.165, 1.54) is 33.5 Å². The molecule has 2 amide bonds. The van der Waals surface area contributed by atoms with E-state index in [-0.39, 0.29) is 17.2 Å². The van der Waals surface area contributed by atoms with Crippen LogP contribution in [-0.2, 0) is 37.5 Å². The van der Waals surface area contributed by atoms with Crippen molar-refractivity contribution in [2.24, 2.45) is 12.8 Å². The molecule has 3 N–H and O–H groups in total. The van der Waals surface area contributed by atoms with Crippen LogP contribution in [0.1, 0.15) is 56.9 Å². The van der Waals surface area contributed by atoms with Gasteiger partial charge in [0.2, 0.25) is 5.91 Å². The number of aromatic nitrogens is 2. The first kappa shape index (κ1) is 21.7. The van der Waals surface area contributed by atoms with Crippen LogP contribution in [0.4, 0.5) is 5.00 Å². The molecular weight excluding hydrogens is 464 g/mol. The standard InChI is InChI=1S/C22H24N4O3S3/c1-26-21(29)17-12-7-3-5-9-14(12)32-20(17)25-22(26)30-10-15(27)24-19-16(18(23)28)11-6-2-4-8-13(11)31-19/h2-10H2,1H3,(H2,23,28)(H,24,27). The summed E-state index contributed by atoms with van der Waals surface area (Å²) in [6, 6.07) is 0. The van der Waals surface area contributed by atoms with Crippen molar-refractivity contribution in [1.29, 1.82) is 0 Å². The number of primary amides is 1. The summed E-state index contributed by atoms with van der Waals surface area (Å²) in [6.07, 6.45) is 8.07. The highest BCUT2D eigenvalue weighted by Crippen LogP contribution is 2.38. The number of hydrogen-bond acceptors (Lipinski definition) is 7. The van der Waals surface area contributed by atoms with Crippen molar-refractivity contribution in [2.75, 3.05) is 11.1 Å². The zero-order valence-electron chi connectivity index (χ0n) is 17.8. The van der Waals surface area contributed by atoms with Crippen molar-refractivity contribution < 1.29 is 9.59 Å². The van der Waals surface area contributed by atoms with Crippen molar-refractivity contribution in [3.63, 3.8) is 0 Å². The van der Waals surface area contributed by atoms with Gasteiger partial charge in [-0.3, -0.25) is 19.0 Å². The average molecular weight is 489 g/mol. The van der Waals surface area contributed by atoms with E-state index in [1.807, 2.05) is 0 Å². The molecule has 10 heteroatoms. The highest BCUT2D eigenvalue weighted by molar-refractivity contribution is 7.99. The number of thioether (sulfide) groups is 1. The SMILES string of the molecule is Cn1c(SCC(=O)Nc2sc3c(c2C(N)=O)CCCC3)nc2sc3c(c2c1=O)CCCC3. The largest absolute Gasteiger partial charge is 0.365 e. The van der Waals surface area contributed by atoms with E-state index in [4.69, 9.17) is 10.7 Å². The molecule has 0 saturated heterocycles. The van der Waals surface area contributed by atoms with Crippen LogP contribution in [0.2, 0.25) is 0 Å². The summed E-state index contributed by atoms with van der Waals surface area (Å²) in [5.74, 6) is -0.642. The molecule has 5 rings (SSSR count). The van der Waals surface area contributed by atoms with Crippen molar-refractivity contribution >= 4 is 61.5 Å². The molecule has 32 heavy (non-hydrogen) atoms. The van der Waals surface area contributed by atoms with Crippen LogP contribution in [0.15, 0.2) is 9.95 Å². The van der Waals surface area contributed by atoms with Gasteiger partial charge in [-0.05, 0) is 62.5 Å². The Hall–Kier alpha value is -2.17. The molecule has 0 saturated carbocycles. The summed E-state index contributed by atoms with van der Waals surface area (Å²) >= 11 is 4.29. The normalized spacial score (nSPS) is 15.4. The van der Waals surface area contributed by atoms with E-state index >= 15 is 0 Å². The van der Waals surface area contributed by atoms with Gasteiger partial charge in [0.25, 0.3) is 11.5 Å². The van der Waals surface area contributed by atoms with Crippen molar-refractivity contribution in [3.05, 3.63) is 36.8 Å². The number of carbonyl (C=O) groups excluding carboxylic acids is 2. The predicted octanol–water partition coefficient (Wildman–Crippen LogP) is 3.64. The number of amides is 2. The zero-order valence-corrected chi connectivity index (χ0v) is 20.2. The fraction of sp³-hybridized carbons (Fsp3) is 0.455. The minimum absolute atomic E-state index is 0.0424. The van der Waals surface area contributed by atoms with Gasteiger partial charge in [0, 0.05) is 16.8 Å². The van der Waals surface area contributed by atoms with E-state index in [2.05, 4.69) is 5.32 Å². The predicted molar refractivity (Wildman–Crippen MR) is 130 cm³/mol. The first-order chi connectivity index (χ1) is 15.4. The molecule has 0 aromatic carbocycles. The van der Waals surface area contributed by atoms with Crippen LogP contribution in [0.25, 0.3) is 10.2 Å². The molecule has 0 atom stereocenters. The third kappa shape index (κ3) is 3.78. The number of hydrogen-bond donors (Lipinski definition) is 2. The highest BCUT2D eigenvalue weighted by Gasteiger charge is 2.25. The Kier molecular flexibility index (Phi) is 5.85. The lowest BCUT2D eigenvalue weighted by atomic mass is 9.95. The number of nitrogens with two attached hydrogens (primary N) is 1. The van der Waals surface area contributed by atoms with E-state index in [9.17, 15) is 14.4 Å². The number of carbonyl (C=O) groups is 2. The quantitative estimate of drug-likeness (QED) is 0.421. The second-order valence-electron chi connectivity index (χ2n) is 8.27. The van der Waals surface area contributed by atoms with Gasteiger partial charge in [0.05, 0.1) is 16.7 Å². The molecule has 0 aliphatic heterocycles. The van der Waals surface area contributed by atoms with Gasteiger partial charge >= 0.3 is 0 Å². The summed E-state index contributed by atoms with van der Waals surface area (Å²) < 4.78 is 1.54. The Balaban J connectivity index is 1.36. The molecule has 2 aliphatic carbocycles.